The molecule has 2 unspecified atom stereocenters. The largest absolute Gasteiger partial charge is 0.367 e. The second-order valence-corrected chi connectivity index (χ2v) is 5.86. The van der Waals surface area contributed by atoms with Gasteiger partial charge in [0, 0.05) is 30.9 Å². The van der Waals surface area contributed by atoms with E-state index in [0.717, 1.165) is 13.0 Å². The van der Waals surface area contributed by atoms with Crippen LogP contribution in [-0.2, 0) is 0 Å². The van der Waals surface area contributed by atoms with Crippen LogP contribution in [0.1, 0.15) is 37.8 Å². The molecule has 0 radical (unpaired) electrons. The zero-order valence-electron chi connectivity index (χ0n) is 12.5. The normalized spacial score (nSPS) is 21.1. The van der Waals surface area contributed by atoms with Crippen molar-refractivity contribution < 1.29 is 0 Å². The lowest BCUT2D eigenvalue weighted by molar-refractivity contribution is 0.372. The van der Waals surface area contributed by atoms with E-state index in [1.54, 1.807) is 0 Å². The summed E-state index contributed by atoms with van der Waals surface area (Å²) in [5.41, 5.74) is 8.66. The van der Waals surface area contributed by atoms with Crippen LogP contribution in [0.25, 0.3) is 0 Å². The fraction of sp³-hybridized carbons (Fsp3) is 0.625. The highest BCUT2D eigenvalue weighted by Crippen LogP contribution is 2.27. The van der Waals surface area contributed by atoms with Gasteiger partial charge in [-0.2, -0.15) is 0 Å². The number of hydrogen-bond acceptors (Lipinski definition) is 3. The van der Waals surface area contributed by atoms with Gasteiger partial charge in [0.1, 0.15) is 0 Å². The van der Waals surface area contributed by atoms with E-state index in [0.29, 0.717) is 6.04 Å². The monoisotopic (exact) mass is 261 g/mol. The maximum Gasteiger partial charge on any atom is 0.0417 e. The smallest absolute Gasteiger partial charge is 0.0417 e. The molecule has 1 fully saturated rings. The lowest BCUT2D eigenvalue weighted by atomic mass is 10.0. The van der Waals surface area contributed by atoms with Crippen molar-refractivity contribution >= 4 is 5.69 Å². The first kappa shape index (κ1) is 14.4. The molecule has 0 amide bonds. The van der Waals surface area contributed by atoms with Gasteiger partial charge in [0.25, 0.3) is 0 Å². The molecular weight excluding hydrogens is 234 g/mol. The molecule has 1 aromatic carbocycles. The van der Waals surface area contributed by atoms with Gasteiger partial charge in [-0.05, 0) is 51.1 Å². The van der Waals surface area contributed by atoms with E-state index in [-0.39, 0.29) is 6.04 Å². The Hall–Kier alpha value is -1.06. The van der Waals surface area contributed by atoms with Crippen molar-refractivity contribution in [3.8, 4) is 0 Å². The van der Waals surface area contributed by atoms with Gasteiger partial charge in [0.05, 0.1) is 0 Å². The van der Waals surface area contributed by atoms with Crippen molar-refractivity contribution in [3.63, 3.8) is 0 Å². The molecule has 0 bridgehead atoms. The van der Waals surface area contributed by atoms with Crippen LogP contribution in [0.3, 0.4) is 0 Å². The average Bonchev–Trinajstić information content (AvgIpc) is 2.85. The lowest BCUT2D eigenvalue weighted by Crippen LogP contribution is -2.37. The Balaban J connectivity index is 2.08. The number of rotatable bonds is 5. The Morgan fingerprint density at radius 1 is 1.32 bits per heavy atom. The van der Waals surface area contributed by atoms with Gasteiger partial charge >= 0.3 is 0 Å². The van der Waals surface area contributed by atoms with Gasteiger partial charge in [0.15, 0.2) is 0 Å². The SMILES string of the molecule is CCC(N)c1ccc(N2CCCC2CN(C)C)cc1. The Kier molecular flexibility index (Phi) is 4.83. The number of nitrogens with zero attached hydrogens (tertiary/aromatic N) is 2. The third kappa shape index (κ3) is 3.48. The summed E-state index contributed by atoms with van der Waals surface area (Å²) >= 11 is 0. The molecule has 106 valence electrons. The quantitative estimate of drug-likeness (QED) is 0.884. The Labute approximate surface area is 117 Å². The van der Waals surface area contributed by atoms with Crippen LogP contribution in [0.5, 0.6) is 0 Å². The van der Waals surface area contributed by atoms with Crippen LogP contribution in [0, 0.1) is 0 Å². The fourth-order valence-electron chi connectivity index (χ4n) is 2.94. The lowest BCUT2D eigenvalue weighted by Gasteiger charge is -2.29. The Bertz CT molecular complexity index is 385. The van der Waals surface area contributed by atoms with E-state index in [9.17, 15) is 0 Å². The molecule has 19 heavy (non-hydrogen) atoms. The number of benzene rings is 1. The van der Waals surface area contributed by atoms with Crippen LogP contribution >= 0.6 is 0 Å². The number of hydrogen-bond donors (Lipinski definition) is 1. The Morgan fingerprint density at radius 3 is 2.58 bits per heavy atom. The molecule has 2 N–H and O–H groups in total. The van der Waals surface area contributed by atoms with Crippen molar-refractivity contribution in [3.05, 3.63) is 29.8 Å². The standard InChI is InChI=1S/C16H27N3/c1-4-16(17)13-7-9-14(10-8-13)19-11-5-6-15(19)12-18(2)3/h7-10,15-16H,4-6,11-12,17H2,1-3H3. The Morgan fingerprint density at radius 2 is 2.00 bits per heavy atom. The van der Waals surface area contributed by atoms with E-state index in [1.165, 1.54) is 30.6 Å². The summed E-state index contributed by atoms with van der Waals surface area (Å²) in [5.74, 6) is 0. The van der Waals surface area contributed by atoms with E-state index in [2.05, 4.69) is 55.1 Å². The van der Waals surface area contributed by atoms with E-state index >= 15 is 0 Å². The predicted molar refractivity (Wildman–Crippen MR) is 82.6 cm³/mol. The molecule has 0 spiro atoms. The second kappa shape index (κ2) is 6.40. The van der Waals surface area contributed by atoms with Crippen LogP contribution in [0.4, 0.5) is 5.69 Å². The molecule has 1 heterocycles. The summed E-state index contributed by atoms with van der Waals surface area (Å²) in [6.07, 6.45) is 3.59. The van der Waals surface area contributed by atoms with Gasteiger partial charge in [-0.15, -0.1) is 0 Å². The van der Waals surface area contributed by atoms with Crippen LogP contribution in [-0.4, -0.2) is 38.1 Å². The third-order valence-electron chi connectivity index (χ3n) is 4.05. The van der Waals surface area contributed by atoms with Crippen LogP contribution in [0.2, 0.25) is 0 Å². The molecular formula is C16H27N3. The minimum absolute atomic E-state index is 0.171. The highest BCUT2D eigenvalue weighted by atomic mass is 15.2. The summed E-state index contributed by atoms with van der Waals surface area (Å²) in [6, 6.07) is 9.67. The molecule has 3 nitrogen and oxygen atoms in total. The summed E-state index contributed by atoms with van der Waals surface area (Å²) < 4.78 is 0. The summed E-state index contributed by atoms with van der Waals surface area (Å²) in [5, 5.41) is 0. The van der Waals surface area contributed by atoms with E-state index < -0.39 is 0 Å². The summed E-state index contributed by atoms with van der Waals surface area (Å²) in [7, 11) is 4.31. The molecule has 0 aromatic heterocycles. The summed E-state index contributed by atoms with van der Waals surface area (Å²) in [6.45, 7) is 4.44. The van der Waals surface area contributed by atoms with Gasteiger partial charge in [-0.3, -0.25) is 0 Å². The topological polar surface area (TPSA) is 32.5 Å². The minimum atomic E-state index is 0.171. The van der Waals surface area contributed by atoms with E-state index in [4.69, 9.17) is 5.73 Å². The molecule has 1 aromatic rings. The third-order valence-corrected chi connectivity index (χ3v) is 4.05. The number of anilines is 1. The van der Waals surface area contributed by atoms with Crippen LogP contribution < -0.4 is 10.6 Å². The van der Waals surface area contributed by atoms with Crippen molar-refractivity contribution in [2.75, 3.05) is 32.1 Å². The minimum Gasteiger partial charge on any atom is -0.367 e. The highest BCUT2D eigenvalue weighted by molar-refractivity contribution is 5.50. The highest BCUT2D eigenvalue weighted by Gasteiger charge is 2.25. The predicted octanol–water partition coefficient (Wildman–Crippen LogP) is 2.63. The first-order valence-corrected chi connectivity index (χ1v) is 7.38. The van der Waals surface area contributed by atoms with Gasteiger partial charge in [-0.25, -0.2) is 0 Å². The van der Waals surface area contributed by atoms with Gasteiger partial charge in [0.2, 0.25) is 0 Å². The molecule has 1 aliphatic rings. The molecule has 0 aliphatic carbocycles. The zero-order chi connectivity index (χ0) is 13.8. The molecule has 1 aliphatic heterocycles. The fourth-order valence-corrected chi connectivity index (χ4v) is 2.94. The molecule has 0 saturated carbocycles. The van der Waals surface area contributed by atoms with Gasteiger partial charge in [-0.1, -0.05) is 19.1 Å². The first-order valence-electron chi connectivity index (χ1n) is 7.38. The van der Waals surface area contributed by atoms with Crippen molar-refractivity contribution in [2.45, 2.75) is 38.3 Å². The maximum atomic E-state index is 6.07. The second-order valence-electron chi connectivity index (χ2n) is 5.86. The first-order chi connectivity index (χ1) is 9.11. The van der Waals surface area contributed by atoms with Crippen molar-refractivity contribution in [1.29, 1.82) is 0 Å². The number of nitrogens with two attached hydrogens (primary N) is 1. The summed E-state index contributed by atoms with van der Waals surface area (Å²) in [4.78, 5) is 4.83. The molecule has 2 atom stereocenters. The molecule has 3 heteroatoms. The number of likely N-dealkylation sites (N-methyl/N-ethyl adjacent to an activating group) is 1. The average molecular weight is 261 g/mol. The van der Waals surface area contributed by atoms with Gasteiger partial charge < -0.3 is 15.5 Å². The molecule has 2 rings (SSSR count). The van der Waals surface area contributed by atoms with Crippen LogP contribution in [0.15, 0.2) is 24.3 Å². The zero-order valence-corrected chi connectivity index (χ0v) is 12.5. The van der Waals surface area contributed by atoms with E-state index in [1.807, 2.05) is 0 Å². The van der Waals surface area contributed by atoms with Crippen molar-refractivity contribution in [1.82, 2.24) is 4.90 Å². The van der Waals surface area contributed by atoms with Crippen molar-refractivity contribution in [2.24, 2.45) is 5.73 Å². The maximum absolute atomic E-state index is 6.07. The molecule has 1 saturated heterocycles.